The van der Waals surface area contributed by atoms with E-state index in [0.29, 0.717) is 23.2 Å². The van der Waals surface area contributed by atoms with Gasteiger partial charge in [0.2, 0.25) is 11.8 Å². The first-order valence-corrected chi connectivity index (χ1v) is 6.89. The molecule has 21 heavy (non-hydrogen) atoms. The fourth-order valence-corrected chi connectivity index (χ4v) is 1.78. The second-order valence-electron chi connectivity index (χ2n) is 4.85. The number of carboxylic acid groups (broad SMARTS) is 1. The molecular formula is C14H16ClN3O3. The second kappa shape index (κ2) is 6.24. The standard InChI is InChI=1S/C14H16ClN3O3/c1-3-14(2,13(19)20)16-8-11-17-18-12(21-11)9-4-6-10(15)7-5-9/h4-7,16H,3,8H2,1-2H3,(H,19,20). The minimum absolute atomic E-state index is 0.192. The van der Waals surface area contributed by atoms with Gasteiger partial charge in [-0.3, -0.25) is 10.1 Å². The van der Waals surface area contributed by atoms with Crippen LogP contribution in [0.3, 0.4) is 0 Å². The summed E-state index contributed by atoms with van der Waals surface area (Å²) >= 11 is 5.82. The molecule has 1 aromatic heterocycles. The van der Waals surface area contributed by atoms with E-state index >= 15 is 0 Å². The van der Waals surface area contributed by atoms with E-state index in [1.54, 1.807) is 38.1 Å². The van der Waals surface area contributed by atoms with Crippen molar-refractivity contribution in [1.82, 2.24) is 15.5 Å². The van der Waals surface area contributed by atoms with Gasteiger partial charge in [0.1, 0.15) is 5.54 Å². The van der Waals surface area contributed by atoms with Crippen molar-refractivity contribution in [1.29, 1.82) is 0 Å². The number of rotatable bonds is 6. The fourth-order valence-electron chi connectivity index (χ4n) is 1.66. The van der Waals surface area contributed by atoms with E-state index in [1.165, 1.54) is 0 Å². The van der Waals surface area contributed by atoms with Crippen molar-refractivity contribution in [2.24, 2.45) is 0 Å². The van der Waals surface area contributed by atoms with Crippen LogP contribution in [-0.2, 0) is 11.3 Å². The molecule has 1 unspecified atom stereocenters. The van der Waals surface area contributed by atoms with Crippen molar-refractivity contribution in [3.05, 3.63) is 35.2 Å². The quantitative estimate of drug-likeness (QED) is 0.853. The van der Waals surface area contributed by atoms with E-state index in [4.69, 9.17) is 16.0 Å². The van der Waals surface area contributed by atoms with Gasteiger partial charge in [0.25, 0.3) is 0 Å². The maximum atomic E-state index is 11.2. The number of aromatic nitrogens is 2. The average molecular weight is 310 g/mol. The normalized spacial score (nSPS) is 13.9. The molecule has 112 valence electrons. The van der Waals surface area contributed by atoms with Gasteiger partial charge >= 0.3 is 5.97 Å². The van der Waals surface area contributed by atoms with Crippen molar-refractivity contribution in [3.8, 4) is 11.5 Å². The number of hydrogen-bond acceptors (Lipinski definition) is 5. The van der Waals surface area contributed by atoms with Crippen molar-refractivity contribution < 1.29 is 14.3 Å². The first kappa shape index (κ1) is 15.5. The summed E-state index contributed by atoms with van der Waals surface area (Å²) in [5.41, 5.74) is -0.260. The molecule has 0 aliphatic heterocycles. The lowest BCUT2D eigenvalue weighted by Gasteiger charge is -2.23. The predicted octanol–water partition coefficient (Wildman–Crippen LogP) is 2.73. The fraction of sp³-hybridized carbons (Fsp3) is 0.357. The molecule has 0 aliphatic carbocycles. The number of nitrogens with zero attached hydrogens (tertiary/aromatic N) is 2. The minimum Gasteiger partial charge on any atom is -0.480 e. The highest BCUT2D eigenvalue weighted by Crippen LogP contribution is 2.20. The summed E-state index contributed by atoms with van der Waals surface area (Å²) in [5.74, 6) is -0.208. The van der Waals surface area contributed by atoms with Gasteiger partial charge in [-0.1, -0.05) is 18.5 Å². The molecule has 2 rings (SSSR count). The number of aliphatic carboxylic acids is 1. The zero-order valence-electron chi connectivity index (χ0n) is 11.8. The summed E-state index contributed by atoms with van der Waals surface area (Å²) < 4.78 is 5.51. The monoisotopic (exact) mass is 309 g/mol. The van der Waals surface area contributed by atoms with Crippen LogP contribution < -0.4 is 5.32 Å². The molecule has 0 saturated heterocycles. The molecule has 0 fully saturated rings. The van der Waals surface area contributed by atoms with Crippen molar-refractivity contribution in [2.45, 2.75) is 32.4 Å². The Morgan fingerprint density at radius 2 is 2.05 bits per heavy atom. The topological polar surface area (TPSA) is 88.3 Å². The van der Waals surface area contributed by atoms with E-state index in [2.05, 4.69) is 15.5 Å². The highest BCUT2D eigenvalue weighted by Gasteiger charge is 2.30. The third-order valence-electron chi connectivity index (χ3n) is 3.37. The molecule has 0 aliphatic rings. The van der Waals surface area contributed by atoms with Crippen LogP contribution >= 0.6 is 11.6 Å². The Hall–Kier alpha value is -1.92. The Bertz CT molecular complexity index is 627. The van der Waals surface area contributed by atoms with Gasteiger partial charge in [-0.25, -0.2) is 0 Å². The van der Waals surface area contributed by atoms with Gasteiger partial charge in [-0.05, 0) is 37.6 Å². The molecule has 7 heteroatoms. The molecule has 0 saturated carbocycles. The second-order valence-corrected chi connectivity index (χ2v) is 5.29. The van der Waals surface area contributed by atoms with Crippen LogP contribution in [0.4, 0.5) is 0 Å². The highest BCUT2D eigenvalue weighted by atomic mass is 35.5. The lowest BCUT2D eigenvalue weighted by Crippen LogP contribution is -2.48. The van der Waals surface area contributed by atoms with Crippen LogP contribution in [0, 0.1) is 0 Å². The number of benzene rings is 1. The Morgan fingerprint density at radius 1 is 1.38 bits per heavy atom. The molecule has 0 amide bonds. The van der Waals surface area contributed by atoms with Crippen LogP contribution in [0.15, 0.2) is 28.7 Å². The smallest absolute Gasteiger partial charge is 0.323 e. The zero-order chi connectivity index (χ0) is 15.5. The van der Waals surface area contributed by atoms with Crippen LogP contribution in [-0.4, -0.2) is 26.8 Å². The molecule has 6 nitrogen and oxygen atoms in total. The SMILES string of the molecule is CCC(C)(NCc1nnc(-c2ccc(Cl)cc2)o1)C(=O)O. The van der Waals surface area contributed by atoms with Gasteiger partial charge in [0.15, 0.2) is 0 Å². The number of hydrogen-bond donors (Lipinski definition) is 2. The molecule has 0 bridgehead atoms. The lowest BCUT2D eigenvalue weighted by molar-refractivity contribution is -0.144. The molecule has 0 spiro atoms. The highest BCUT2D eigenvalue weighted by molar-refractivity contribution is 6.30. The summed E-state index contributed by atoms with van der Waals surface area (Å²) in [7, 11) is 0. The van der Waals surface area contributed by atoms with Gasteiger partial charge in [-0.2, -0.15) is 0 Å². The van der Waals surface area contributed by atoms with Crippen molar-refractivity contribution in [2.75, 3.05) is 0 Å². The molecule has 1 heterocycles. The van der Waals surface area contributed by atoms with E-state index in [1.807, 2.05) is 0 Å². The molecule has 2 N–H and O–H groups in total. The maximum absolute atomic E-state index is 11.2. The molecule has 1 atom stereocenters. The molecular weight excluding hydrogens is 294 g/mol. The predicted molar refractivity (Wildman–Crippen MR) is 77.9 cm³/mol. The third kappa shape index (κ3) is 3.59. The number of carbonyl (C=O) groups is 1. The first-order valence-electron chi connectivity index (χ1n) is 6.51. The van der Waals surface area contributed by atoms with E-state index in [9.17, 15) is 9.90 Å². The summed E-state index contributed by atoms with van der Waals surface area (Å²) in [6, 6.07) is 7.02. The number of nitrogens with one attached hydrogen (secondary N) is 1. The van der Waals surface area contributed by atoms with Crippen LogP contribution in [0.2, 0.25) is 5.02 Å². The molecule has 1 aromatic carbocycles. The Morgan fingerprint density at radius 3 is 2.62 bits per heavy atom. The summed E-state index contributed by atoms with van der Waals surface area (Å²) in [6.45, 7) is 3.61. The van der Waals surface area contributed by atoms with Gasteiger partial charge in [0.05, 0.1) is 6.54 Å². The lowest BCUT2D eigenvalue weighted by atomic mass is 9.99. The van der Waals surface area contributed by atoms with Gasteiger partial charge in [-0.15, -0.1) is 10.2 Å². The average Bonchev–Trinajstić information content (AvgIpc) is 2.94. The Kier molecular flexibility index (Phi) is 4.59. The van der Waals surface area contributed by atoms with Gasteiger partial charge in [0, 0.05) is 10.6 Å². The van der Waals surface area contributed by atoms with Crippen molar-refractivity contribution >= 4 is 17.6 Å². The van der Waals surface area contributed by atoms with Crippen molar-refractivity contribution in [3.63, 3.8) is 0 Å². The molecule has 2 aromatic rings. The minimum atomic E-state index is -1.02. The Balaban J connectivity index is 2.07. The summed E-state index contributed by atoms with van der Waals surface area (Å²) in [6.07, 6.45) is 0.445. The van der Waals surface area contributed by atoms with Crippen LogP contribution in [0.25, 0.3) is 11.5 Å². The third-order valence-corrected chi connectivity index (χ3v) is 3.62. The van der Waals surface area contributed by atoms with E-state index < -0.39 is 11.5 Å². The zero-order valence-corrected chi connectivity index (χ0v) is 12.5. The largest absolute Gasteiger partial charge is 0.480 e. The van der Waals surface area contributed by atoms with Gasteiger partial charge < -0.3 is 9.52 Å². The number of halogens is 1. The van der Waals surface area contributed by atoms with E-state index in [-0.39, 0.29) is 6.54 Å². The first-order chi connectivity index (χ1) is 9.94. The van der Waals surface area contributed by atoms with E-state index in [0.717, 1.165) is 5.56 Å². The molecule has 0 radical (unpaired) electrons. The number of carboxylic acids is 1. The Labute approximate surface area is 127 Å². The summed E-state index contributed by atoms with van der Waals surface area (Å²) in [4.78, 5) is 11.2. The summed E-state index contributed by atoms with van der Waals surface area (Å²) in [5, 5.41) is 20.6. The maximum Gasteiger partial charge on any atom is 0.323 e. The van der Waals surface area contributed by atoms with Crippen LogP contribution in [0.1, 0.15) is 26.2 Å². The van der Waals surface area contributed by atoms with Crippen LogP contribution in [0.5, 0.6) is 0 Å².